The third kappa shape index (κ3) is 12.7. The molecule has 0 aromatic heterocycles. The minimum absolute atomic E-state index is 0.358. The van der Waals surface area contributed by atoms with Crippen LogP contribution in [0.25, 0.3) is 0 Å². The Balaban J connectivity index is 0.702. The summed E-state index contributed by atoms with van der Waals surface area (Å²) in [5.41, 5.74) is 8.79. The minimum atomic E-state index is -0.615. The van der Waals surface area contributed by atoms with Crippen LogP contribution in [0.15, 0.2) is 243 Å². The number of aliphatic hydroxyl groups excluding tert-OH is 2. The average Bonchev–Trinajstić information content (AvgIpc) is 3.43. The van der Waals surface area contributed by atoms with Gasteiger partial charge in [0.2, 0.25) is 0 Å². The van der Waals surface area contributed by atoms with Crippen molar-refractivity contribution in [2.75, 3.05) is 57.5 Å². The highest BCUT2D eigenvalue weighted by Gasteiger charge is 2.24. The predicted molar refractivity (Wildman–Crippen MR) is 313 cm³/mol. The molecular weight excluding hydrogens is 997 g/mol. The van der Waals surface area contributed by atoms with E-state index in [1.165, 1.54) is 42.3 Å². The highest BCUT2D eigenvalue weighted by molar-refractivity contribution is 8.00. The van der Waals surface area contributed by atoms with Crippen molar-refractivity contribution < 1.29 is 10.2 Å². The van der Waals surface area contributed by atoms with Crippen molar-refractivity contribution in [3.63, 3.8) is 0 Å². The quantitative estimate of drug-likeness (QED) is 0.0435. The molecule has 0 aliphatic carbocycles. The van der Waals surface area contributed by atoms with E-state index in [2.05, 4.69) is 157 Å². The second-order valence-corrected chi connectivity index (χ2v) is 22.9. The molecule has 0 spiro atoms. The Bertz CT molecular complexity index is 2950. The van der Waals surface area contributed by atoms with Gasteiger partial charge in [-0.15, -0.1) is 23.5 Å². The number of fused-ring (bicyclic) bond motifs is 4. The summed E-state index contributed by atoms with van der Waals surface area (Å²) in [6.45, 7) is 6.87. The molecule has 0 radical (unpaired) electrons. The molecule has 0 bridgehead atoms. The van der Waals surface area contributed by atoms with Crippen molar-refractivity contribution >= 4 is 105 Å². The largest absolute Gasteiger partial charge is 0.390 e. The zero-order chi connectivity index (χ0) is 49.9. The molecule has 0 amide bonds. The molecule has 13 heteroatoms. The lowest BCUT2D eigenvalue weighted by Gasteiger charge is -2.32. The fourth-order valence-corrected chi connectivity index (χ4v) is 13.4. The Kier molecular flexibility index (Phi) is 16.8. The van der Waals surface area contributed by atoms with E-state index in [9.17, 15) is 10.2 Å². The van der Waals surface area contributed by atoms with Crippen molar-refractivity contribution in [2.24, 2.45) is 10.2 Å². The van der Waals surface area contributed by atoms with Crippen LogP contribution in [0.2, 0.25) is 0 Å². The van der Waals surface area contributed by atoms with Crippen LogP contribution in [-0.4, -0.2) is 72.5 Å². The second-order valence-electron chi connectivity index (χ2n) is 17.4. The zero-order valence-electron chi connectivity index (χ0n) is 40.6. The maximum atomic E-state index is 11.3. The van der Waals surface area contributed by atoms with E-state index >= 15 is 0 Å². The lowest BCUT2D eigenvalue weighted by Crippen LogP contribution is -2.30. The molecule has 2 unspecified atom stereocenters. The molecule has 10 rings (SSSR count). The molecule has 0 saturated carbocycles. The van der Waals surface area contributed by atoms with Crippen molar-refractivity contribution in [1.29, 1.82) is 0 Å². The van der Waals surface area contributed by atoms with Gasteiger partial charge in [0, 0.05) is 63.8 Å². The number of anilines is 6. The lowest BCUT2D eigenvalue weighted by molar-refractivity contribution is 0.204. The number of hydrogen-bond acceptors (Lipinski definition) is 13. The molecule has 8 aromatic rings. The fraction of sp³-hybridized carbons (Fsp3) is 0.167. The maximum Gasteiger partial charge on any atom is 0.0830 e. The Morgan fingerprint density at radius 1 is 0.452 bits per heavy atom. The Labute approximate surface area is 450 Å². The van der Waals surface area contributed by atoms with Gasteiger partial charge >= 0.3 is 0 Å². The van der Waals surface area contributed by atoms with Gasteiger partial charge in [-0.3, -0.25) is 10.0 Å². The maximum absolute atomic E-state index is 11.3. The first-order valence-corrected chi connectivity index (χ1v) is 28.9. The summed E-state index contributed by atoms with van der Waals surface area (Å²) in [6, 6.07) is 67.3. The second kappa shape index (κ2) is 24.3. The van der Waals surface area contributed by atoms with Gasteiger partial charge in [0.1, 0.15) is 0 Å². The normalized spacial score (nSPS) is 13.6. The lowest BCUT2D eigenvalue weighted by atomic mass is 10.1. The summed E-state index contributed by atoms with van der Waals surface area (Å²) in [5, 5.41) is 36.3. The molecule has 2 heterocycles. The van der Waals surface area contributed by atoms with Crippen LogP contribution in [0.5, 0.6) is 0 Å². The molecule has 2 aliphatic rings. The van der Waals surface area contributed by atoms with Crippen molar-refractivity contribution in [3.05, 3.63) is 205 Å². The van der Waals surface area contributed by atoms with Crippen LogP contribution in [0.4, 0.5) is 34.1 Å². The number of rotatable bonds is 20. The Morgan fingerprint density at radius 3 is 1.23 bits per heavy atom. The van der Waals surface area contributed by atoms with Gasteiger partial charge in [-0.1, -0.05) is 108 Å². The summed E-state index contributed by atoms with van der Waals surface area (Å²) in [6.07, 6.45) is 2.56. The first kappa shape index (κ1) is 50.5. The van der Waals surface area contributed by atoms with Gasteiger partial charge in [-0.2, -0.15) is 10.2 Å². The van der Waals surface area contributed by atoms with Gasteiger partial charge < -0.3 is 20.0 Å². The van der Waals surface area contributed by atoms with Crippen LogP contribution in [0.3, 0.4) is 0 Å². The molecule has 2 aliphatic heterocycles. The van der Waals surface area contributed by atoms with Gasteiger partial charge in [-0.05, 0) is 146 Å². The summed E-state index contributed by atoms with van der Waals surface area (Å²) in [7, 11) is 0. The molecule has 0 saturated heterocycles. The molecule has 8 aromatic carbocycles. The minimum Gasteiger partial charge on any atom is -0.390 e. The Morgan fingerprint density at radius 2 is 0.822 bits per heavy atom. The summed E-state index contributed by atoms with van der Waals surface area (Å²) < 4.78 is 0. The van der Waals surface area contributed by atoms with Gasteiger partial charge in [-0.25, -0.2) is 0 Å². The first-order chi connectivity index (χ1) is 35.9. The van der Waals surface area contributed by atoms with E-state index in [-0.39, 0.29) is 0 Å². The van der Waals surface area contributed by atoms with Crippen LogP contribution in [0, 0.1) is 0 Å². The molecule has 0 fully saturated rings. The number of thioether (sulfide) groups is 2. The topological polar surface area (TPSA) is 78.1 Å². The zero-order valence-corrected chi connectivity index (χ0v) is 44.7. The van der Waals surface area contributed by atoms with Gasteiger partial charge in [0.25, 0.3) is 0 Å². The number of benzene rings is 8. The average molecular weight is 1050 g/mol. The highest BCUT2D eigenvalue weighted by atomic mass is 32.2. The smallest absolute Gasteiger partial charge is 0.0830 e. The van der Waals surface area contributed by atoms with E-state index < -0.39 is 12.2 Å². The van der Waals surface area contributed by atoms with Crippen LogP contribution in [0.1, 0.15) is 25.0 Å². The number of nitrogens with zero attached hydrogens (tertiary/aromatic N) is 6. The first-order valence-electron chi connectivity index (χ1n) is 24.5. The third-order valence-electron chi connectivity index (χ3n) is 12.3. The molecular formula is C60H56N6O2S5. The Hall–Kier alpha value is -6.03. The van der Waals surface area contributed by atoms with Gasteiger partial charge in [0.15, 0.2) is 0 Å². The monoisotopic (exact) mass is 1050 g/mol. The number of hydrazone groups is 2. The molecule has 368 valence electrons. The van der Waals surface area contributed by atoms with E-state index in [4.69, 9.17) is 10.2 Å². The highest BCUT2D eigenvalue weighted by Crippen LogP contribution is 2.49. The third-order valence-corrected chi connectivity index (χ3v) is 17.8. The van der Waals surface area contributed by atoms with Crippen LogP contribution < -0.4 is 19.8 Å². The summed E-state index contributed by atoms with van der Waals surface area (Å²) >= 11 is 8.59. The van der Waals surface area contributed by atoms with E-state index in [0.29, 0.717) is 24.6 Å². The van der Waals surface area contributed by atoms with Gasteiger partial charge in [0.05, 0.1) is 71.9 Å². The predicted octanol–water partition coefficient (Wildman–Crippen LogP) is 15.1. The van der Waals surface area contributed by atoms with E-state index in [1.807, 2.05) is 83.1 Å². The molecule has 8 nitrogen and oxygen atoms in total. The molecule has 2 N–H and O–H groups in total. The molecule has 73 heavy (non-hydrogen) atoms. The summed E-state index contributed by atoms with van der Waals surface area (Å²) in [4.78, 5) is 14.1. The number of hydrogen-bond donors (Lipinski definition) is 2. The van der Waals surface area contributed by atoms with E-state index in [1.54, 1.807) is 58.8 Å². The summed E-state index contributed by atoms with van der Waals surface area (Å²) in [5.74, 6) is 1.06. The van der Waals surface area contributed by atoms with Crippen molar-refractivity contribution in [2.45, 2.75) is 65.2 Å². The molecule has 2 atom stereocenters. The number of aliphatic hydroxyl groups is 2. The van der Waals surface area contributed by atoms with Crippen molar-refractivity contribution in [3.8, 4) is 0 Å². The fourth-order valence-electron chi connectivity index (χ4n) is 8.69. The van der Waals surface area contributed by atoms with E-state index in [0.717, 1.165) is 55.2 Å². The van der Waals surface area contributed by atoms with Crippen LogP contribution in [-0.2, 0) is 0 Å². The SMILES string of the molecule is CCN1c2ccccc2Sc2cc(C=NN(CC(O)CSc3ccc(Sc4ccc(SCC(O)CN(N=Cc5ccc6c(c5)Sc5ccccc5N6CC)c5ccccc5)cc4)cc3)c3ccccc3)ccc21. The van der Waals surface area contributed by atoms with Crippen LogP contribution >= 0.6 is 58.8 Å². The number of para-hydroxylation sites is 4. The van der Waals surface area contributed by atoms with Crippen molar-refractivity contribution in [1.82, 2.24) is 0 Å². The standard InChI is InChI=1S/C60H56N6O2S5/c1-3-63-53-19-11-13-21-57(53)72-59-35-43(23-33-55(59)63)37-61-65(45-15-7-5-8-16-45)39-47(67)41-69-49-25-29-51(30-26-49)71-52-31-27-50(28-32-52)70-42-48(68)40-66(46-17-9-6-10-18-46)62-38-44-24-34-56-60(36-44)73-58-22-14-12-20-54(58)64(56)4-2/h5-38,47-48,67-68H,3-4,39-42H2,1-2H3.